The van der Waals surface area contributed by atoms with Crippen LogP contribution in [0.5, 0.6) is 17.2 Å². The van der Waals surface area contributed by atoms with E-state index in [1.165, 1.54) is 12.3 Å². The summed E-state index contributed by atoms with van der Waals surface area (Å²) in [6, 6.07) is 11.5. The van der Waals surface area contributed by atoms with Gasteiger partial charge in [0, 0.05) is 12.3 Å². The Morgan fingerprint density at radius 1 is 1.20 bits per heavy atom. The molecule has 2 aromatic carbocycles. The van der Waals surface area contributed by atoms with Crippen LogP contribution in [-0.4, -0.2) is 19.8 Å². The van der Waals surface area contributed by atoms with Gasteiger partial charge in [0.2, 0.25) is 0 Å². The summed E-state index contributed by atoms with van der Waals surface area (Å²) in [7, 11) is -3.07. The molecule has 0 aliphatic heterocycles. The van der Waals surface area contributed by atoms with Crippen molar-refractivity contribution in [3.63, 3.8) is 0 Å². The van der Waals surface area contributed by atoms with Crippen molar-refractivity contribution < 1.29 is 18.3 Å². The van der Waals surface area contributed by atoms with Crippen molar-refractivity contribution in [1.82, 2.24) is 0 Å². The van der Waals surface area contributed by atoms with Gasteiger partial charge in [-0.05, 0) is 45.8 Å². The highest BCUT2D eigenvalue weighted by molar-refractivity contribution is 9.10. The molecule has 0 bridgehead atoms. The lowest BCUT2D eigenvalue weighted by atomic mass is 10.2. The molecule has 0 fully saturated rings. The van der Waals surface area contributed by atoms with E-state index in [2.05, 4.69) is 15.9 Å². The number of rotatable bonds is 4. The van der Waals surface area contributed by atoms with Gasteiger partial charge in [0.1, 0.15) is 17.2 Å². The van der Waals surface area contributed by atoms with Crippen LogP contribution in [-0.2, 0) is 15.6 Å². The number of ether oxygens (including phenoxy) is 1. The third-order valence-electron chi connectivity index (χ3n) is 2.47. The molecule has 2 rings (SSSR count). The van der Waals surface area contributed by atoms with Gasteiger partial charge in [-0.2, -0.15) is 0 Å². The topological polar surface area (TPSA) is 63.6 Å². The van der Waals surface area contributed by atoms with E-state index in [9.17, 15) is 13.5 Å². The zero-order valence-electron chi connectivity index (χ0n) is 10.7. The van der Waals surface area contributed by atoms with E-state index in [0.717, 1.165) is 0 Å². The van der Waals surface area contributed by atoms with Crippen LogP contribution >= 0.6 is 15.9 Å². The van der Waals surface area contributed by atoms with Crippen LogP contribution in [0, 0.1) is 0 Å². The second-order valence-electron chi connectivity index (χ2n) is 4.43. The number of hydrogen-bond acceptors (Lipinski definition) is 4. The van der Waals surface area contributed by atoms with Crippen LogP contribution in [0.1, 0.15) is 5.56 Å². The number of phenolic OH excluding ortho intramolecular Hbond substituents is 1. The minimum atomic E-state index is -3.07. The zero-order valence-corrected chi connectivity index (χ0v) is 13.1. The second kappa shape index (κ2) is 5.85. The summed E-state index contributed by atoms with van der Waals surface area (Å²) >= 11 is 3.35. The first-order valence-corrected chi connectivity index (χ1v) is 8.62. The summed E-state index contributed by atoms with van der Waals surface area (Å²) in [4.78, 5) is 0. The molecule has 0 spiro atoms. The number of phenols is 1. The smallest absolute Gasteiger partial charge is 0.151 e. The molecule has 106 valence electrons. The summed E-state index contributed by atoms with van der Waals surface area (Å²) < 4.78 is 28.8. The van der Waals surface area contributed by atoms with Gasteiger partial charge in [-0.25, -0.2) is 8.42 Å². The number of halogens is 1. The monoisotopic (exact) mass is 356 g/mol. The first-order chi connectivity index (χ1) is 9.33. The predicted molar refractivity (Wildman–Crippen MR) is 80.9 cm³/mol. The van der Waals surface area contributed by atoms with Gasteiger partial charge in [0.05, 0.1) is 10.2 Å². The fourth-order valence-electron chi connectivity index (χ4n) is 1.69. The summed E-state index contributed by atoms with van der Waals surface area (Å²) in [5.74, 6) is 1.15. The molecule has 0 saturated heterocycles. The molecule has 20 heavy (non-hydrogen) atoms. The summed E-state index contributed by atoms with van der Waals surface area (Å²) in [5, 5.41) is 9.37. The predicted octanol–water partition coefficient (Wildman–Crippen LogP) is 3.49. The SMILES string of the molecule is CS(=O)(=O)Cc1ccc(Oc2cccc(O)c2)c(Br)c1. The van der Waals surface area contributed by atoms with Crippen molar-refractivity contribution >= 4 is 25.8 Å². The molecular weight excluding hydrogens is 344 g/mol. The van der Waals surface area contributed by atoms with Gasteiger partial charge in [0.15, 0.2) is 9.84 Å². The Bertz CT molecular complexity index is 726. The highest BCUT2D eigenvalue weighted by Gasteiger charge is 2.09. The Labute approximate surface area is 126 Å². The first kappa shape index (κ1) is 14.9. The molecule has 0 amide bonds. The van der Waals surface area contributed by atoms with Crippen molar-refractivity contribution in [3.8, 4) is 17.2 Å². The van der Waals surface area contributed by atoms with Crippen LogP contribution in [0.4, 0.5) is 0 Å². The van der Waals surface area contributed by atoms with Gasteiger partial charge in [-0.1, -0.05) is 12.1 Å². The van der Waals surface area contributed by atoms with Gasteiger partial charge in [0.25, 0.3) is 0 Å². The van der Waals surface area contributed by atoms with Gasteiger partial charge >= 0.3 is 0 Å². The van der Waals surface area contributed by atoms with Crippen molar-refractivity contribution in [2.75, 3.05) is 6.26 Å². The molecule has 0 radical (unpaired) electrons. The Balaban J connectivity index is 2.22. The van der Waals surface area contributed by atoms with Crippen molar-refractivity contribution in [3.05, 3.63) is 52.5 Å². The largest absolute Gasteiger partial charge is 0.508 e. The van der Waals surface area contributed by atoms with E-state index < -0.39 is 9.84 Å². The fraction of sp³-hybridized carbons (Fsp3) is 0.143. The molecule has 4 nitrogen and oxygen atoms in total. The second-order valence-corrected chi connectivity index (χ2v) is 7.43. The maximum absolute atomic E-state index is 11.3. The van der Waals surface area contributed by atoms with E-state index in [1.54, 1.807) is 36.4 Å². The van der Waals surface area contributed by atoms with E-state index >= 15 is 0 Å². The summed E-state index contributed by atoms with van der Waals surface area (Å²) in [6.45, 7) is 0. The molecule has 0 aromatic heterocycles. The molecule has 6 heteroatoms. The minimum Gasteiger partial charge on any atom is -0.508 e. The first-order valence-electron chi connectivity index (χ1n) is 5.76. The van der Waals surface area contributed by atoms with Crippen molar-refractivity contribution in [2.24, 2.45) is 0 Å². The highest BCUT2D eigenvalue weighted by atomic mass is 79.9. The molecule has 0 unspecified atom stereocenters. The summed E-state index contributed by atoms with van der Waals surface area (Å²) in [5.41, 5.74) is 0.683. The van der Waals surface area contributed by atoms with Crippen molar-refractivity contribution in [1.29, 1.82) is 0 Å². The van der Waals surface area contributed by atoms with E-state index in [0.29, 0.717) is 21.5 Å². The normalized spacial score (nSPS) is 11.3. The van der Waals surface area contributed by atoms with E-state index in [4.69, 9.17) is 4.74 Å². The average Bonchev–Trinajstić information content (AvgIpc) is 2.31. The third kappa shape index (κ3) is 4.25. The lowest BCUT2D eigenvalue weighted by molar-refractivity contribution is 0.454. The third-order valence-corrected chi connectivity index (χ3v) is 3.95. The van der Waals surface area contributed by atoms with Gasteiger partial charge in [-0.3, -0.25) is 0 Å². The molecule has 0 atom stereocenters. The summed E-state index contributed by atoms with van der Waals surface area (Å²) in [6.07, 6.45) is 1.19. The minimum absolute atomic E-state index is 0.0159. The Morgan fingerprint density at radius 2 is 1.95 bits per heavy atom. The Hall–Kier alpha value is -1.53. The van der Waals surface area contributed by atoms with Gasteiger partial charge < -0.3 is 9.84 Å². The molecule has 0 aliphatic carbocycles. The van der Waals surface area contributed by atoms with Crippen LogP contribution in [0.25, 0.3) is 0 Å². The Kier molecular flexibility index (Phi) is 4.35. The lowest BCUT2D eigenvalue weighted by Crippen LogP contribution is -2.00. The molecule has 0 heterocycles. The van der Waals surface area contributed by atoms with Crippen LogP contribution in [0.15, 0.2) is 46.9 Å². The number of aromatic hydroxyl groups is 1. The standard InChI is InChI=1S/C14H13BrO4S/c1-20(17,18)9-10-5-6-14(13(15)7-10)19-12-4-2-3-11(16)8-12/h2-8,16H,9H2,1H3. The maximum Gasteiger partial charge on any atom is 0.151 e. The number of benzene rings is 2. The van der Waals surface area contributed by atoms with E-state index in [-0.39, 0.29) is 11.5 Å². The van der Waals surface area contributed by atoms with Crippen molar-refractivity contribution in [2.45, 2.75) is 5.75 Å². The Morgan fingerprint density at radius 3 is 2.55 bits per heavy atom. The molecular formula is C14H13BrO4S. The van der Waals surface area contributed by atoms with Crippen LogP contribution in [0.2, 0.25) is 0 Å². The fourth-order valence-corrected chi connectivity index (χ4v) is 2.99. The van der Waals surface area contributed by atoms with E-state index in [1.807, 2.05) is 0 Å². The molecule has 1 N–H and O–H groups in total. The number of sulfone groups is 1. The quantitative estimate of drug-likeness (QED) is 0.910. The molecule has 0 saturated carbocycles. The molecule has 0 aliphatic rings. The lowest BCUT2D eigenvalue weighted by Gasteiger charge is -2.09. The van der Waals surface area contributed by atoms with Crippen LogP contribution in [0.3, 0.4) is 0 Å². The van der Waals surface area contributed by atoms with Gasteiger partial charge in [-0.15, -0.1) is 0 Å². The zero-order chi connectivity index (χ0) is 14.8. The molecule has 2 aromatic rings. The number of hydrogen-bond donors (Lipinski definition) is 1. The highest BCUT2D eigenvalue weighted by Crippen LogP contribution is 2.32. The maximum atomic E-state index is 11.3. The average molecular weight is 357 g/mol. The van der Waals surface area contributed by atoms with Crippen LogP contribution < -0.4 is 4.74 Å².